The Balaban J connectivity index is 2.12. The molecule has 1 aliphatic carbocycles. The molecule has 102 valence electrons. The smallest absolute Gasteiger partial charge is 0.407 e. The SMILES string of the molecule is NC(=O)Nc1sc2c(c1OC(N)=O)Cc1ccccc1-2. The van der Waals surface area contributed by atoms with Gasteiger partial charge in [-0.15, -0.1) is 11.3 Å². The number of anilines is 1. The maximum absolute atomic E-state index is 11.0. The molecule has 0 atom stereocenters. The minimum atomic E-state index is -0.922. The minimum absolute atomic E-state index is 0.285. The van der Waals surface area contributed by atoms with Gasteiger partial charge in [-0.3, -0.25) is 5.32 Å². The molecular weight excluding hydrogens is 278 g/mol. The van der Waals surface area contributed by atoms with Gasteiger partial charge in [0.1, 0.15) is 5.00 Å². The van der Waals surface area contributed by atoms with Gasteiger partial charge < -0.3 is 16.2 Å². The standard InChI is InChI=1S/C13H11N3O3S/c14-12(17)16-11-9(19-13(15)18)8-5-6-3-1-2-4-7(6)10(8)20-11/h1-4H,5H2,(H2,15,18)(H3,14,16,17). The van der Waals surface area contributed by atoms with Gasteiger partial charge in [0.25, 0.3) is 0 Å². The Labute approximate surface area is 118 Å². The van der Waals surface area contributed by atoms with Crippen molar-refractivity contribution in [2.75, 3.05) is 5.32 Å². The Morgan fingerprint density at radius 1 is 1.25 bits per heavy atom. The number of ether oxygens (including phenoxy) is 1. The molecule has 1 heterocycles. The lowest BCUT2D eigenvalue weighted by atomic mass is 10.1. The summed E-state index contributed by atoms with van der Waals surface area (Å²) in [7, 11) is 0. The van der Waals surface area contributed by atoms with Crippen molar-refractivity contribution in [3.63, 3.8) is 0 Å². The molecule has 0 fully saturated rings. The van der Waals surface area contributed by atoms with Crippen molar-refractivity contribution in [1.82, 2.24) is 0 Å². The van der Waals surface area contributed by atoms with Gasteiger partial charge in [0, 0.05) is 16.9 Å². The third-order valence-corrected chi connectivity index (χ3v) is 4.19. The molecule has 1 aromatic carbocycles. The zero-order valence-electron chi connectivity index (χ0n) is 10.3. The maximum Gasteiger partial charge on any atom is 0.410 e. The number of fused-ring (bicyclic) bond motifs is 3. The average molecular weight is 289 g/mol. The van der Waals surface area contributed by atoms with Gasteiger partial charge in [0.05, 0.1) is 0 Å². The second-order valence-electron chi connectivity index (χ2n) is 4.31. The largest absolute Gasteiger partial charge is 0.410 e. The van der Waals surface area contributed by atoms with E-state index in [2.05, 4.69) is 5.32 Å². The van der Waals surface area contributed by atoms with Crippen molar-refractivity contribution in [1.29, 1.82) is 0 Å². The summed E-state index contributed by atoms with van der Waals surface area (Å²) in [6.07, 6.45) is -0.292. The van der Waals surface area contributed by atoms with Gasteiger partial charge in [-0.1, -0.05) is 24.3 Å². The molecule has 0 unspecified atom stereocenters. The van der Waals surface area contributed by atoms with Crippen LogP contribution < -0.4 is 21.5 Å². The molecular formula is C13H11N3O3S. The highest BCUT2D eigenvalue weighted by atomic mass is 32.1. The molecule has 0 spiro atoms. The normalized spacial score (nSPS) is 11.6. The Bertz CT molecular complexity index is 724. The summed E-state index contributed by atoms with van der Waals surface area (Å²) >= 11 is 1.32. The van der Waals surface area contributed by atoms with E-state index in [0.29, 0.717) is 11.4 Å². The van der Waals surface area contributed by atoms with Crippen LogP contribution in [0.15, 0.2) is 24.3 Å². The van der Waals surface area contributed by atoms with E-state index in [1.807, 2.05) is 24.3 Å². The molecule has 3 amide bonds. The summed E-state index contributed by atoms with van der Waals surface area (Å²) in [6, 6.07) is 7.17. The number of benzene rings is 1. The van der Waals surface area contributed by atoms with Gasteiger partial charge in [-0.2, -0.15) is 0 Å². The Morgan fingerprint density at radius 3 is 2.70 bits per heavy atom. The van der Waals surface area contributed by atoms with E-state index in [1.54, 1.807) is 0 Å². The Morgan fingerprint density at radius 2 is 2.00 bits per heavy atom. The van der Waals surface area contributed by atoms with Gasteiger partial charge in [0.15, 0.2) is 5.75 Å². The van der Waals surface area contributed by atoms with Crippen LogP contribution in [0.1, 0.15) is 11.1 Å². The number of nitrogens with one attached hydrogen (secondary N) is 1. The minimum Gasteiger partial charge on any atom is -0.407 e. The summed E-state index contributed by atoms with van der Waals surface area (Å²) in [6.45, 7) is 0. The number of carbonyl (C=O) groups is 2. The first-order valence-electron chi connectivity index (χ1n) is 5.84. The average Bonchev–Trinajstić information content (AvgIpc) is 2.87. The molecule has 0 bridgehead atoms. The maximum atomic E-state index is 11.0. The van der Waals surface area contributed by atoms with Crippen molar-refractivity contribution in [3.8, 4) is 16.2 Å². The third-order valence-electron chi connectivity index (χ3n) is 3.03. The van der Waals surface area contributed by atoms with Crippen molar-refractivity contribution in [3.05, 3.63) is 35.4 Å². The van der Waals surface area contributed by atoms with Crippen LogP contribution in [0.5, 0.6) is 5.75 Å². The number of hydrogen-bond donors (Lipinski definition) is 3. The fraction of sp³-hybridized carbons (Fsp3) is 0.0769. The fourth-order valence-electron chi connectivity index (χ4n) is 2.32. The topological polar surface area (TPSA) is 107 Å². The summed E-state index contributed by atoms with van der Waals surface area (Å²) in [5.74, 6) is 0.285. The molecule has 0 saturated carbocycles. The zero-order valence-corrected chi connectivity index (χ0v) is 11.1. The summed E-state index contributed by atoms with van der Waals surface area (Å²) in [5, 5.41) is 2.86. The number of hydrogen-bond acceptors (Lipinski definition) is 4. The monoisotopic (exact) mass is 289 g/mol. The molecule has 20 heavy (non-hydrogen) atoms. The molecule has 0 aliphatic heterocycles. The van der Waals surface area contributed by atoms with Crippen molar-refractivity contribution in [2.24, 2.45) is 11.5 Å². The van der Waals surface area contributed by atoms with Gasteiger partial charge in [0.2, 0.25) is 0 Å². The fourth-order valence-corrected chi connectivity index (χ4v) is 3.53. The molecule has 1 aliphatic rings. The van der Waals surface area contributed by atoms with Crippen LogP contribution in [0.25, 0.3) is 10.4 Å². The number of rotatable bonds is 2. The number of amides is 3. The van der Waals surface area contributed by atoms with Crippen LogP contribution in [0, 0.1) is 0 Å². The van der Waals surface area contributed by atoms with Crippen LogP contribution in [-0.4, -0.2) is 12.1 Å². The lowest BCUT2D eigenvalue weighted by Gasteiger charge is -2.05. The quantitative estimate of drug-likeness (QED) is 0.673. The number of thiophene rings is 1. The highest BCUT2D eigenvalue weighted by Gasteiger charge is 2.29. The first kappa shape index (κ1) is 12.5. The van der Waals surface area contributed by atoms with E-state index in [-0.39, 0.29) is 5.75 Å². The predicted octanol–water partition coefficient (Wildman–Crippen LogP) is 2.27. The van der Waals surface area contributed by atoms with Crippen molar-refractivity contribution >= 4 is 28.5 Å². The lowest BCUT2D eigenvalue weighted by Crippen LogP contribution is -2.21. The van der Waals surface area contributed by atoms with Crippen molar-refractivity contribution in [2.45, 2.75) is 6.42 Å². The number of nitrogens with two attached hydrogens (primary N) is 2. The number of carbonyl (C=O) groups excluding carboxylic acids is 2. The highest BCUT2D eigenvalue weighted by molar-refractivity contribution is 7.20. The third kappa shape index (κ3) is 1.97. The zero-order chi connectivity index (χ0) is 14.3. The van der Waals surface area contributed by atoms with Crippen LogP contribution in [-0.2, 0) is 6.42 Å². The van der Waals surface area contributed by atoms with E-state index in [0.717, 1.165) is 21.6 Å². The molecule has 7 heteroatoms. The van der Waals surface area contributed by atoms with Crippen LogP contribution in [0.2, 0.25) is 0 Å². The molecule has 3 rings (SSSR count). The number of urea groups is 1. The Kier molecular flexibility index (Phi) is 2.83. The lowest BCUT2D eigenvalue weighted by molar-refractivity contribution is 0.211. The summed E-state index contributed by atoms with van der Waals surface area (Å²) in [4.78, 5) is 23.0. The molecule has 0 radical (unpaired) electrons. The van der Waals surface area contributed by atoms with E-state index in [4.69, 9.17) is 16.2 Å². The van der Waals surface area contributed by atoms with Gasteiger partial charge in [-0.25, -0.2) is 9.59 Å². The van der Waals surface area contributed by atoms with E-state index in [1.165, 1.54) is 11.3 Å². The van der Waals surface area contributed by atoms with Gasteiger partial charge in [-0.05, 0) is 11.1 Å². The molecule has 2 aromatic rings. The van der Waals surface area contributed by atoms with E-state index < -0.39 is 12.1 Å². The second-order valence-corrected chi connectivity index (χ2v) is 5.33. The first-order chi connectivity index (χ1) is 9.56. The molecule has 6 nitrogen and oxygen atoms in total. The van der Waals surface area contributed by atoms with E-state index in [9.17, 15) is 9.59 Å². The summed E-state index contributed by atoms with van der Waals surface area (Å²) < 4.78 is 5.04. The summed E-state index contributed by atoms with van der Waals surface area (Å²) in [5.41, 5.74) is 13.3. The predicted molar refractivity (Wildman–Crippen MR) is 76.0 cm³/mol. The first-order valence-corrected chi connectivity index (χ1v) is 6.65. The Hall–Kier alpha value is -2.54. The van der Waals surface area contributed by atoms with Crippen LogP contribution >= 0.6 is 11.3 Å². The highest BCUT2D eigenvalue weighted by Crippen LogP contribution is 2.51. The molecule has 0 saturated heterocycles. The van der Waals surface area contributed by atoms with E-state index >= 15 is 0 Å². The molecule has 5 N–H and O–H groups in total. The molecule has 1 aromatic heterocycles. The van der Waals surface area contributed by atoms with Crippen molar-refractivity contribution < 1.29 is 14.3 Å². The number of primary amides is 2. The van der Waals surface area contributed by atoms with Crippen LogP contribution in [0.4, 0.5) is 14.6 Å². The van der Waals surface area contributed by atoms with Gasteiger partial charge >= 0.3 is 12.1 Å². The van der Waals surface area contributed by atoms with Crippen LogP contribution in [0.3, 0.4) is 0 Å². The second kappa shape index (κ2) is 4.53.